The quantitative estimate of drug-likeness (QED) is 0.383. The minimum absolute atomic E-state index is 0.00846. The standard InChI is InChI=1S/C6H3ClN3O2/c7-6-4(9-8)2-1-3-5(6)10(11)12/h1-3H/q+1. The zero-order valence-electron chi connectivity index (χ0n) is 5.77. The summed E-state index contributed by atoms with van der Waals surface area (Å²) in [6, 6.07) is 3.99. The van der Waals surface area contributed by atoms with Crippen LogP contribution in [0.1, 0.15) is 0 Å². The SMILES string of the molecule is N#[N+]c1cccc([N+](=O)[O-])c1Cl. The topological polar surface area (TPSA) is 71.3 Å². The van der Waals surface area contributed by atoms with Crippen molar-refractivity contribution >= 4 is 23.0 Å². The van der Waals surface area contributed by atoms with Crippen LogP contribution in [0, 0.1) is 15.5 Å². The molecule has 0 aliphatic carbocycles. The summed E-state index contributed by atoms with van der Waals surface area (Å²) in [5.74, 6) is 0. The fourth-order valence-corrected chi connectivity index (χ4v) is 0.959. The van der Waals surface area contributed by atoms with Gasteiger partial charge in [-0.3, -0.25) is 10.1 Å². The highest BCUT2D eigenvalue weighted by atomic mass is 35.5. The number of nitro benzene ring substituents is 1. The molecule has 0 saturated heterocycles. The predicted octanol–water partition coefficient (Wildman–Crippen LogP) is 2.73. The van der Waals surface area contributed by atoms with E-state index in [0.717, 1.165) is 0 Å². The van der Waals surface area contributed by atoms with Crippen molar-refractivity contribution in [1.29, 1.82) is 5.39 Å². The van der Waals surface area contributed by atoms with Gasteiger partial charge in [0.15, 0.2) is 4.98 Å². The lowest BCUT2D eigenvalue weighted by Gasteiger charge is -1.89. The molecule has 1 aromatic rings. The maximum absolute atomic E-state index is 10.3. The second-order valence-corrected chi connectivity index (χ2v) is 2.35. The Bertz CT molecular complexity index is 372. The second-order valence-electron chi connectivity index (χ2n) is 1.97. The van der Waals surface area contributed by atoms with Crippen LogP contribution in [0.15, 0.2) is 18.2 Å². The molecule has 60 valence electrons. The third-order valence-electron chi connectivity index (χ3n) is 1.26. The number of nitro groups is 1. The van der Waals surface area contributed by atoms with Gasteiger partial charge >= 0.3 is 5.69 Å². The molecule has 0 aromatic heterocycles. The van der Waals surface area contributed by atoms with Gasteiger partial charge in [-0.1, -0.05) is 11.6 Å². The molecule has 0 N–H and O–H groups in total. The van der Waals surface area contributed by atoms with Gasteiger partial charge in [-0.25, -0.2) is 0 Å². The van der Waals surface area contributed by atoms with Crippen LogP contribution >= 0.6 is 11.6 Å². The number of nitrogens with zero attached hydrogens (tertiary/aromatic N) is 3. The van der Waals surface area contributed by atoms with Crippen molar-refractivity contribution in [3.8, 4) is 0 Å². The van der Waals surface area contributed by atoms with E-state index in [1.54, 1.807) is 0 Å². The minimum atomic E-state index is -0.642. The van der Waals surface area contributed by atoms with Gasteiger partial charge in [0.1, 0.15) is 0 Å². The molecule has 0 amide bonds. The first kappa shape index (κ1) is 8.43. The molecular formula is C6H3ClN3O2+. The lowest BCUT2D eigenvalue weighted by molar-refractivity contribution is -0.384. The van der Waals surface area contributed by atoms with Gasteiger partial charge in [0.2, 0.25) is 10.4 Å². The zero-order valence-corrected chi connectivity index (χ0v) is 6.52. The van der Waals surface area contributed by atoms with Crippen LogP contribution < -0.4 is 0 Å². The summed E-state index contributed by atoms with van der Waals surface area (Å²) in [5.41, 5.74) is -0.280. The molecule has 0 fully saturated rings. The summed E-state index contributed by atoms with van der Waals surface area (Å²) in [6.07, 6.45) is 0. The first-order valence-corrected chi connectivity index (χ1v) is 3.32. The maximum Gasteiger partial charge on any atom is 0.410 e. The lowest BCUT2D eigenvalue weighted by atomic mass is 10.3. The van der Waals surface area contributed by atoms with Crippen molar-refractivity contribution < 1.29 is 4.92 Å². The van der Waals surface area contributed by atoms with E-state index in [9.17, 15) is 10.1 Å². The number of hydrogen-bond acceptors (Lipinski definition) is 3. The Hall–Kier alpha value is -1.67. The Morgan fingerprint density at radius 2 is 2.25 bits per heavy atom. The van der Waals surface area contributed by atoms with E-state index in [4.69, 9.17) is 17.0 Å². The highest BCUT2D eigenvalue weighted by Gasteiger charge is 2.22. The van der Waals surface area contributed by atoms with Gasteiger partial charge in [-0.2, -0.15) is 0 Å². The summed E-state index contributed by atoms with van der Waals surface area (Å²) in [5, 5.41) is 18.5. The molecule has 12 heavy (non-hydrogen) atoms. The van der Waals surface area contributed by atoms with Crippen LogP contribution in [0.5, 0.6) is 0 Å². The van der Waals surface area contributed by atoms with Crippen molar-refractivity contribution in [3.63, 3.8) is 0 Å². The van der Waals surface area contributed by atoms with Gasteiger partial charge in [0, 0.05) is 12.1 Å². The zero-order chi connectivity index (χ0) is 9.14. The summed E-state index contributed by atoms with van der Waals surface area (Å²) in [4.78, 5) is 12.4. The van der Waals surface area contributed by atoms with Crippen molar-refractivity contribution in [1.82, 2.24) is 0 Å². The number of hydrogen-bond donors (Lipinski definition) is 0. The van der Waals surface area contributed by atoms with Crippen molar-refractivity contribution in [2.75, 3.05) is 0 Å². The normalized spacial score (nSPS) is 9.00. The molecule has 0 aliphatic heterocycles. The van der Waals surface area contributed by atoms with E-state index < -0.39 is 4.92 Å². The molecule has 6 heteroatoms. The van der Waals surface area contributed by atoms with E-state index in [0.29, 0.717) is 0 Å². The molecule has 1 rings (SSSR count). The van der Waals surface area contributed by atoms with E-state index in [1.807, 2.05) is 0 Å². The summed E-state index contributed by atoms with van der Waals surface area (Å²) in [7, 11) is 0. The van der Waals surface area contributed by atoms with E-state index in [2.05, 4.69) is 4.98 Å². The van der Waals surface area contributed by atoms with E-state index in [-0.39, 0.29) is 16.4 Å². The molecule has 0 spiro atoms. The Kier molecular flexibility index (Phi) is 2.21. The van der Waals surface area contributed by atoms with Crippen LogP contribution in [0.4, 0.5) is 11.4 Å². The highest BCUT2D eigenvalue weighted by Crippen LogP contribution is 2.33. The third-order valence-corrected chi connectivity index (χ3v) is 1.65. The summed E-state index contributed by atoms with van der Waals surface area (Å²) in [6.45, 7) is 0. The molecule has 0 atom stereocenters. The average Bonchev–Trinajstić information content (AvgIpc) is 2.04. The molecule has 0 bridgehead atoms. The fraction of sp³-hybridized carbons (Fsp3) is 0. The van der Waals surface area contributed by atoms with Gasteiger partial charge in [0.25, 0.3) is 5.69 Å². The van der Waals surface area contributed by atoms with Crippen molar-refractivity contribution in [3.05, 3.63) is 38.3 Å². The average molecular weight is 185 g/mol. The number of rotatable bonds is 1. The molecule has 0 aliphatic rings. The second kappa shape index (κ2) is 3.15. The van der Waals surface area contributed by atoms with Crippen LogP contribution in [-0.4, -0.2) is 4.92 Å². The third kappa shape index (κ3) is 1.33. The predicted molar refractivity (Wildman–Crippen MR) is 42.9 cm³/mol. The fourth-order valence-electron chi connectivity index (χ4n) is 0.726. The van der Waals surface area contributed by atoms with E-state index in [1.165, 1.54) is 18.2 Å². The first-order valence-electron chi connectivity index (χ1n) is 2.95. The highest BCUT2D eigenvalue weighted by molar-refractivity contribution is 6.35. The van der Waals surface area contributed by atoms with Crippen LogP contribution in [-0.2, 0) is 0 Å². The Labute approximate surface area is 72.3 Å². The monoisotopic (exact) mass is 184 g/mol. The number of halogens is 1. The molecule has 0 saturated carbocycles. The maximum atomic E-state index is 10.3. The molecule has 5 nitrogen and oxygen atoms in total. The Morgan fingerprint density at radius 1 is 1.58 bits per heavy atom. The van der Waals surface area contributed by atoms with Gasteiger partial charge in [0.05, 0.1) is 4.92 Å². The summed E-state index contributed by atoms with van der Waals surface area (Å²) < 4.78 is 0. The van der Waals surface area contributed by atoms with Gasteiger partial charge in [-0.15, -0.1) is 0 Å². The Balaban J connectivity index is 3.35. The lowest BCUT2D eigenvalue weighted by Crippen LogP contribution is -1.87. The summed E-state index contributed by atoms with van der Waals surface area (Å²) >= 11 is 5.51. The number of diazo groups is 1. The van der Waals surface area contributed by atoms with Gasteiger partial charge < -0.3 is 0 Å². The van der Waals surface area contributed by atoms with E-state index >= 15 is 0 Å². The first-order chi connectivity index (χ1) is 5.66. The molecule has 0 radical (unpaired) electrons. The number of benzene rings is 1. The van der Waals surface area contributed by atoms with Crippen LogP contribution in [0.25, 0.3) is 4.98 Å². The minimum Gasteiger partial charge on any atom is -0.258 e. The molecule has 0 heterocycles. The molecule has 0 unspecified atom stereocenters. The largest absolute Gasteiger partial charge is 0.410 e. The Morgan fingerprint density at radius 3 is 2.75 bits per heavy atom. The molecular weight excluding hydrogens is 182 g/mol. The van der Waals surface area contributed by atoms with Crippen molar-refractivity contribution in [2.45, 2.75) is 0 Å². The molecule has 1 aromatic carbocycles. The van der Waals surface area contributed by atoms with Gasteiger partial charge in [-0.05, 0) is 6.07 Å². The van der Waals surface area contributed by atoms with Crippen LogP contribution in [0.3, 0.4) is 0 Å². The van der Waals surface area contributed by atoms with Crippen molar-refractivity contribution in [2.24, 2.45) is 0 Å². The smallest absolute Gasteiger partial charge is 0.258 e. The van der Waals surface area contributed by atoms with Crippen LogP contribution in [0.2, 0.25) is 5.02 Å².